The third-order valence-electron chi connectivity index (χ3n) is 3.26. The average molecular weight is 154 g/mol. The molecule has 0 unspecified atom stereocenters. The highest BCUT2D eigenvalue weighted by atomic mass is 15.2. The summed E-state index contributed by atoms with van der Waals surface area (Å²) in [7, 11) is 4.49. The Bertz CT molecular complexity index is 138. The van der Waals surface area contributed by atoms with Gasteiger partial charge in [0.2, 0.25) is 0 Å². The van der Waals surface area contributed by atoms with Gasteiger partial charge in [0.15, 0.2) is 0 Å². The third-order valence-corrected chi connectivity index (χ3v) is 3.26. The molecule has 1 spiro atoms. The molecule has 0 radical (unpaired) electrons. The maximum absolute atomic E-state index is 2.47. The van der Waals surface area contributed by atoms with Crippen LogP contribution in [0.15, 0.2) is 0 Å². The van der Waals surface area contributed by atoms with Crippen molar-refractivity contribution in [3.05, 3.63) is 0 Å². The van der Waals surface area contributed by atoms with E-state index >= 15 is 0 Å². The first-order chi connectivity index (χ1) is 5.20. The van der Waals surface area contributed by atoms with E-state index in [1.54, 1.807) is 0 Å². The molecule has 2 saturated heterocycles. The van der Waals surface area contributed by atoms with Gasteiger partial charge in [-0.05, 0) is 45.4 Å². The Morgan fingerprint density at radius 2 is 1.36 bits per heavy atom. The first-order valence-corrected chi connectivity index (χ1v) is 4.57. The Kier molecular flexibility index (Phi) is 1.69. The van der Waals surface area contributed by atoms with Gasteiger partial charge in [0.05, 0.1) is 0 Å². The summed E-state index contributed by atoms with van der Waals surface area (Å²) in [6, 6.07) is 0. The maximum Gasteiger partial charge on any atom is 0.00481 e. The molecule has 2 fully saturated rings. The minimum absolute atomic E-state index is 0.684. The van der Waals surface area contributed by atoms with Crippen LogP contribution in [-0.4, -0.2) is 50.1 Å². The second kappa shape index (κ2) is 2.46. The fourth-order valence-corrected chi connectivity index (χ4v) is 2.65. The van der Waals surface area contributed by atoms with Crippen molar-refractivity contribution in [2.45, 2.75) is 12.8 Å². The van der Waals surface area contributed by atoms with E-state index < -0.39 is 0 Å². The van der Waals surface area contributed by atoms with Crippen LogP contribution in [0, 0.1) is 5.41 Å². The summed E-state index contributed by atoms with van der Waals surface area (Å²) in [4.78, 5) is 4.94. The van der Waals surface area contributed by atoms with E-state index in [1.807, 2.05) is 0 Å². The Morgan fingerprint density at radius 1 is 0.909 bits per heavy atom. The molecule has 2 nitrogen and oxygen atoms in total. The number of likely N-dealkylation sites (tertiary alicyclic amines) is 2. The van der Waals surface area contributed by atoms with Gasteiger partial charge in [0, 0.05) is 13.1 Å². The van der Waals surface area contributed by atoms with E-state index in [9.17, 15) is 0 Å². The lowest BCUT2D eigenvalue weighted by molar-refractivity contribution is 0.277. The summed E-state index contributed by atoms with van der Waals surface area (Å²) in [5, 5.41) is 0. The number of hydrogen-bond acceptors (Lipinski definition) is 2. The molecule has 64 valence electrons. The Hall–Kier alpha value is -0.0800. The zero-order valence-corrected chi connectivity index (χ0v) is 7.64. The van der Waals surface area contributed by atoms with E-state index in [4.69, 9.17) is 0 Å². The molecule has 2 heteroatoms. The van der Waals surface area contributed by atoms with Crippen LogP contribution in [0.1, 0.15) is 12.8 Å². The van der Waals surface area contributed by atoms with Crippen molar-refractivity contribution in [1.82, 2.24) is 9.80 Å². The van der Waals surface area contributed by atoms with Crippen molar-refractivity contribution < 1.29 is 0 Å². The Morgan fingerprint density at radius 3 is 1.64 bits per heavy atom. The number of rotatable bonds is 0. The fourth-order valence-electron chi connectivity index (χ4n) is 2.65. The molecule has 11 heavy (non-hydrogen) atoms. The SMILES string of the molecule is CN1CCC2(CCN(C)C2)C1. The molecule has 0 bridgehead atoms. The zero-order valence-electron chi connectivity index (χ0n) is 7.64. The number of hydrogen-bond donors (Lipinski definition) is 0. The lowest BCUT2D eigenvalue weighted by Gasteiger charge is -2.22. The van der Waals surface area contributed by atoms with Crippen molar-refractivity contribution in [3.8, 4) is 0 Å². The van der Waals surface area contributed by atoms with Crippen LogP contribution in [0.3, 0.4) is 0 Å². The molecule has 2 aliphatic rings. The van der Waals surface area contributed by atoms with Gasteiger partial charge in [0.1, 0.15) is 0 Å². The van der Waals surface area contributed by atoms with E-state index in [2.05, 4.69) is 23.9 Å². The second-order valence-electron chi connectivity index (χ2n) is 4.48. The summed E-state index contributed by atoms with van der Waals surface area (Å²) in [5.41, 5.74) is 0.684. The molecule has 0 N–H and O–H groups in total. The third kappa shape index (κ3) is 1.30. The summed E-state index contributed by atoms with van der Waals surface area (Å²) in [6.45, 7) is 5.29. The van der Waals surface area contributed by atoms with Crippen LogP contribution >= 0.6 is 0 Å². The van der Waals surface area contributed by atoms with Crippen LogP contribution in [0.5, 0.6) is 0 Å². The first kappa shape index (κ1) is 7.56. The molecule has 0 saturated carbocycles. The van der Waals surface area contributed by atoms with E-state index in [-0.39, 0.29) is 0 Å². The van der Waals surface area contributed by atoms with Gasteiger partial charge in [-0.1, -0.05) is 0 Å². The molecular weight excluding hydrogens is 136 g/mol. The first-order valence-electron chi connectivity index (χ1n) is 4.57. The lowest BCUT2D eigenvalue weighted by atomic mass is 9.86. The van der Waals surface area contributed by atoms with Crippen molar-refractivity contribution in [1.29, 1.82) is 0 Å². The minimum atomic E-state index is 0.684. The summed E-state index contributed by atoms with van der Waals surface area (Å²) < 4.78 is 0. The van der Waals surface area contributed by atoms with Gasteiger partial charge >= 0.3 is 0 Å². The smallest absolute Gasteiger partial charge is 0.00481 e. The van der Waals surface area contributed by atoms with Gasteiger partial charge in [-0.15, -0.1) is 0 Å². The van der Waals surface area contributed by atoms with Crippen LogP contribution in [-0.2, 0) is 0 Å². The highest BCUT2D eigenvalue weighted by molar-refractivity contribution is 4.95. The number of nitrogens with zero attached hydrogens (tertiary/aromatic N) is 2. The molecular formula is C9H18N2. The van der Waals surface area contributed by atoms with Crippen molar-refractivity contribution in [2.24, 2.45) is 5.41 Å². The summed E-state index contributed by atoms with van der Waals surface area (Å²) in [6.07, 6.45) is 2.85. The van der Waals surface area contributed by atoms with Crippen molar-refractivity contribution >= 4 is 0 Å². The topological polar surface area (TPSA) is 6.48 Å². The molecule has 0 aliphatic carbocycles. The van der Waals surface area contributed by atoms with E-state index in [0.29, 0.717) is 5.41 Å². The van der Waals surface area contributed by atoms with Gasteiger partial charge in [0.25, 0.3) is 0 Å². The standard InChI is InChI=1S/C9H18N2/c1-10-5-3-9(7-10)4-6-11(2)8-9/h3-8H2,1-2H3. The predicted molar refractivity (Wildman–Crippen MR) is 46.7 cm³/mol. The van der Waals surface area contributed by atoms with Crippen LogP contribution in [0.2, 0.25) is 0 Å². The molecule has 0 amide bonds. The quantitative estimate of drug-likeness (QED) is 0.505. The van der Waals surface area contributed by atoms with Crippen LogP contribution in [0.25, 0.3) is 0 Å². The zero-order chi connectivity index (χ0) is 7.90. The fraction of sp³-hybridized carbons (Fsp3) is 1.00. The van der Waals surface area contributed by atoms with E-state index in [0.717, 1.165) is 0 Å². The lowest BCUT2D eigenvalue weighted by Crippen LogP contribution is -2.27. The minimum Gasteiger partial charge on any atom is -0.306 e. The molecule has 0 aromatic carbocycles. The maximum atomic E-state index is 2.47. The van der Waals surface area contributed by atoms with Gasteiger partial charge in [-0.2, -0.15) is 0 Å². The second-order valence-corrected chi connectivity index (χ2v) is 4.48. The summed E-state index contributed by atoms with van der Waals surface area (Å²) in [5.74, 6) is 0. The Labute approximate surface area is 69.2 Å². The molecule has 2 heterocycles. The monoisotopic (exact) mass is 154 g/mol. The Balaban J connectivity index is 2.02. The van der Waals surface area contributed by atoms with Crippen molar-refractivity contribution in [3.63, 3.8) is 0 Å². The average Bonchev–Trinajstić information content (AvgIpc) is 2.44. The highest BCUT2D eigenvalue weighted by Gasteiger charge is 2.40. The van der Waals surface area contributed by atoms with E-state index in [1.165, 1.54) is 39.0 Å². The largest absolute Gasteiger partial charge is 0.306 e. The van der Waals surface area contributed by atoms with Crippen LogP contribution < -0.4 is 0 Å². The van der Waals surface area contributed by atoms with Gasteiger partial charge in [-0.3, -0.25) is 0 Å². The normalized spacial score (nSPS) is 32.2. The molecule has 0 atom stereocenters. The highest BCUT2D eigenvalue weighted by Crippen LogP contribution is 2.37. The van der Waals surface area contributed by atoms with Gasteiger partial charge in [-0.25, -0.2) is 0 Å². The molecule has 2 aliphatic heterocycles. The molecule has 0 aromatic heterocycles. The van der Waals surface area contributed by atoms with Crippen LogP contribution in [0.4, 0.5) is 0 Å². The summed E-state index contributed by atoms with van der Waals surface area (Å²) >= 11 is 0. The molecule has 0 aromatic rings. The van der Waals surface area contributed by atoms with Gasteiger partial charge < -0.3 is 9.80 Å². The predicted octanol–water partition coefficient (Wildman–Crippen LogP) is 0.644. The van der Waals surface area contributed by atoms with Crippen molar-refractivity contribution in [2.75, 3.05) is 40.3 Å². The molecule has 2 rings (SSSR count).